The maximum Gasteiger partial charge on any atom is 0.307 e. The number of nitriles is 1. The van der Waals surface area contributed by atoms with Gasteiger partial charge in [0.15, 0.2) is 0 Å². The third-order valence-corrected chi connectivity index (χ3v) is 1.84. The van der Waals surface area contributed by atoms with E-state index in [1.54, 1.807) is 13.0 Å². The molecule has 0 aliphatic rings. The molecule has 0 heterocycles. The molecule has 0 amide bonds. The van der Waals surface area contributed by atoms with Gasteiger partial charge in [-0.15, -0.1) is 0 Å². The number of aromatic hydroxyl groups is 1. The lowest BCUT2D eigenvalue weighted by molar-refractivity contribution is -0.136. The number of aryl methyl sites for hydroxylation is 1. The fraction of sp³-hybridized carbons (Fsp3) is 0.200. The van der Waals surface area contributed by atoms with Crippen molar-refractivity contribution in [3.63, 3.8) is 0 Å². The smallest absolute Gasteiger partial charge is 0.307 e. The summed E-state index contributed by atoms with van der Waals surface area (Å²) in [6.07, 6.45) is -0.153. The van der Waals surface area contributed by atoms with Crippen LogP contribution in [0.4, 0.5) is 0 Å². The number of aliphatic carboxylic acids is 1. The van der Waals surface area contributed by atoms with Crippen LogP contribution < -0.4 is 0 Å². The SMILES string of the molecule is Cc1cc(CC(=O)O)cc(O)c1C#N. The van der Waals surface area contributed by atoms with Crippen molar-refractivity contribution < 1.29 is 15.0 Å². The zero-order chi connectivity index (χ0) is 10.7. The summed E-state index contributed by atoms with van der Waals surface area (Å²) < 4.78 is 0. The molecule has 0 bridgehead atoms. The van der Waals surface area contributed by atoms with E-state index in [1.807, 2.05) is 6.07 Å². The van der Waals surface area contributed by atoms with Crippen LogP contribution in [-0.4, -0.2) is 16.2 Å². The minimum Gasteiger partial charge on any atom is -0.507 e. The van der Waals surface area contributed by atoms with Crippen molar-refractivity contribution >= 4 is 5.97 Å². The maximum atomic E-state index is 10.4. The van der Waals surface area contributed by atoms with Crippen LogP contribution >= 0.6 is 0 Å². The van der Waals surface area contributed by atoms with Gasteiger partial charge in [0.25, 0.3) is 0 Å². The maximum absolute atomic E-state index is 10.4. The highest BCUT2D eigenvalue weighted by Crippen LogP contribution is 2.22. The number of carboxylic acid groups (broad SMARTS) is 1. The Morgan fingerprint density at radius 1 is 1.57 bits per heavy atom. The Morgan fingerprint density at radius 3 is 2.64 bits per heavy atom. The number of nitrogens with zero attached hydrogens (tertiary/aromatic N) is 1. The minimum atomic E-state index is -0.964. The lowest BCUT2D eigenvalue weighted by Crippen LogP contribution is -2.00. The first-order valence-electron chi connectivity index (χ1n) is 3.99. The van der Waals surface area contributed by atoms with Crippen molar-refractivity contribution in [1.82, 2.24) is 0 Å². The van der Waals surface area contributed by atoms with Gasteiger partial charge in [0.1, 0.15) is 11.8 Å². The van der Waals surface area contributed by atoms with E-state index < -0.39 is 5.97 Å². The van der Waals surface area contributed by atoms with Gasteiger partial charge in [-0.25, -0.2) is 0 Å². The second-order valence-electron chi connectivity index (χ2n) is 2.99. The zero-order valence-electron chi connectivity index (χ0n) is 7.61. The molecule has 0 atom stereocenters. The molecule has 0 radical (unpaired) electrons. The summed E-state index contributed by atoms with van der Waals surface area (Å²) >= 11 is 0. The Morgan fingerprint density at radius 2 is 2.21 bits per heavy atom. The number of rotatable bonds is 2. The van der Waals surface area contributed by atoms with E-state index >= 15 is 0 Å². The Labute approximate surface area is 81.0 Å². The van der Waals surface area contributed by atoms with Gasteiger partial charge in [0, 0.05) is 0 Å². The average molecular weight is 191 g/mol. The number of carboxylic acids is 1. The first-order chi connectivity index (χ1) is 6.54. The Balaban J connectivity index is 3.15. The number of hydrogen-bond donors (Lipinski definition) is 2. The highest BCUT2D eigenvalue weighted by molar-refractivity contribution is 5.71. The van der Waals surface area contributed by atoms with Gasteiger partial charge in [-0.3, -0.25) is 4.79 Å². The van der Waals surface area contributed by atoms with Gasteiger partial charge < -0.3 is 10.2 Å². The van der Waals surface area contributed by atoms with Crippen LogP contribution in [0.3, 0.4) is 0 Å². The molecule has 0 fully saturated rings. The largest absolute Gasteiger partial charge is 0.507 e. The molecule has 0 saturated carbocycles. The van der Waals surface area contributed by atoms with Gasteiger partial charge in [0.2, 0.25) is 0 Å². The first kappa shape index (κ1) is 10.1. The molecule has 4 heteroatoms. The molecular formula is C10H9NO3. The molecular weight excluding hydrogens is 182 g/mol. The topological polar surface area (TPSA) is 81.3 Å². The van der Waals surface area contributed by atoms with Crippen molar-refractivity contribution in [2.45, 2.75) is 13.3 Å². The van der Waals surface area contributed by atoms with Crippen molar-refractivity contribution in [1.29, 1.82) is 5.26 Å². The molecule has 1 aromatic rings. The van der Waals surface area contributed by atoms with Crippen LogP contribution in [0.5, 0.6) is 5.75 Å². The van der Waals surface area contributed by atoms with E-state index in [2.05, 4.69) is 0 Å². The van der Waals surface area contributed by atoms with Crippen LogP contribution in [0.2, 0.25) is 0 Å². The summed E-state index contributed by atoms with van der Waals surface area (Å²) in [6.45, 7) is 1.66. The molecule has 14 heavy (non-hydrogen) atoms. The number of carbonyl (C=O) groups is 1. The molecule has 4 nitrogen and oxygen atoms in total. The quantitative estimate of drug-likeness (QED) is 0.735. The van der Waals surface area contributed by atoms with Crippen LogP contribution in [0.1, 0.15) is 16.7 Å². The Hall–Kier alpha value is -2.02. The lowest BCUT2D eigenvalue weighted by atomic mass is 10.0. The average Bonchev–Trinajstić information content (AvgIpc) is 2.01. The molecule has 0 saturated heterocycles. The fourth-order valence-electron chi connectivity index (χ4n) is 1.26. The number of hydrogen-bond acceptors (Lipinski definition) is 3. The monoisotopic (exact) mass is 191 g/mol. The summed E-state index contributed by atoms with van der Waals surface area (Å²) in [5, 5.41) is 26.5. The summed E-state index contributed by atoms with van der Waals surface area (Å²) in [6, 6.07) is 4.74. The predicted octanol–water partition coefficient (Wildman–Crippen LogP) is 1.20. The van der Waals surface area contributed by atoms with E-state index in [4.69, 9.17) is 10.4 Å². The van der Waals surface area contributed by atoms with Crippen molar-refractivity contribution in [2.75, 3.05) is 0 Å². The van der Waals surface area contributed by atoms with Crippen molar-refractivity contribution in [3.05, 3.63) is 28.8 Å². The molecule has 0 unspecified atom stereocenters. The summed E-state index contributed by atoms with van der Waals surface area (Å²) in [4.78, 5) is 10.4. The van der Waals surface area contributed by atoms with Crippen molar-refractivity contribution in [2.24, 2.45) is 0 Å². The van der Waals surface area contributed by atoms with Gasteiger partial charge in [-0.1, -0.05) is 6.07 Å². The van der Waals surface area contributed by atoms with E-state index in [-0.39, 0.29) is 17.7 Å². The second-order valence-corrected chi connectivity index (χ2v) is 2.99. The number of phenols is 1. The highest BCUT2D eigenvalue weighted by atomic mass is 16.4. The Kier molecular flexibility index (Phi) is 2.73. The minimum absolute atomic E-state index is 0.153. The predicted molar refractivity (Wildman–Crippen MR) is 48.9 cm³/mol. The third-order valence-electron chi connectivity index (χ3n) is 1.84. The molecule has 0 aliphatic heterocycles. The van der Waals surface area contributed by atoms with E-state index in [0.717, 1.165) is 0 Å². The second kappa shape index (κ2) is 3.79. The molecule has 0 aromatic heterocycles. The van der Waals surface area contributed by atoms with Gasteiger partial charge in [0.05, 0.1) is 12.0 Å². The van der Waals surface area contributed by atoms with Gasteiger partial charge in [-0.2, -0.15) is 5.26 Å². The van der Waals surface area contributed by atoms with E-state index in [9.17, 15) is 9.90 Å². The molecule has 1 aromatic carbocycles. The van der Waals surface area contributed by atoms with Crippen LogP contribution in [0, 0.1) is 18.3 Å². The fourth-order valence-corrected chi connectivity index (χ4v) is 1.26. The molecule has 72 valence electrons. The number of phenolic OH excluding ortho intramolecular Hbond substituents is 1. The Bertz CT molecular complexity index is 395. The summed E-state index contributed by atoms with van der Waals surface area (Å²) in [7, 11) is 0. The van der Waals surface area contributed by atoms with Crippen LogP contribution in [-0.2, 0) is 11.2 Å². The van der Waals surface area contributed by atoms with E-state index in [1.165, 1.54) is 6.07 Å². The zero-order valence-corrected chi connectivity index (χ0v) is 7.61. The molecule has 0 spiro atoms. The van der Waals surface area contributed by atoms with E-state index in [0.29, 0.717) is 11.1 Å². The van der Waals surface area contributed by atoms with Gasteiger partial charge >= 0.3 is 5.97 Å². The van der Waals surface area contributed by atoms with Crippen LogP contribution in [0.25, 0.3) is 0 Å². The summed E-state index contributed by atoms with van der Waals surface area (Å²) in [5.74, 6) is -1.13. The first-order valence-corrected chi connectivity index (χ1v) is 3.99. The van der Waals surface area contributed by atoms with Crippen molar-refractivity contribution in [3.8, 4) is 11.8 Å². The molecule has 1 rings (SSSR count). The number of benzene rings is 1. The van der Waals surface area contributed by atoms with Crippen LogP contribution in [0.15, 0.2) is 12.1 Å². The normalized spacial score (nSPS) is 9.43. The molecule has 0 aliphatic carbocycles. The van der Waals surface area contributed by atoms with Gasteiger partial charge in [-0.05, 0) is 24.1 Å². The summed E-state index contributed by atoms with van der Waals surface area (Å²) in [5.41, 5.74) is 1.27. The standard InChI is InChI=1S/C10H9NO3/c1-6-2-7(4-10(13)14)3-9(12)8(6)5-11/h2-3,12H,4H2,1H3,(H,13,14). The molecule has 2 N–H and O–H groups in total. The highest BCUT2D eigenvalue weighted by Gasteiger charge is 2.08. The lowest BCUT2D eigenvalue weighted by Gasteiger charge is -2.03. The third kappa shape index (κ3) is 2.02.